The van der Waals surface area contributed by atoms with Gasteiger partial charge in [0.05, 0.1) is 12.6 Å². The van der Waals surface area contributed by atoms with Crippen molar-refractivity contribution in [1.82, 2.24) is 0 Å². The molecule has 1 aliphatic rings. The van der Waals surface area contributed by atoms with Crippen LogP contribution in [0.15, 0.2) is 0 Å². The molecule has 0 radical (unpaired) electrons. The molecule has 0 aromatic rings. The molecule has 1 fully saturated rings. The molecule has 1 nitrogen and oxygen atoms in total. The third kappa shape index (κ3) is 4.10. The second kappa shape index (κ2) is 6.47. The van der Waals surface area contributed by atoms with E-state index in [-0.39, 0.29) is 0 Å². The Balaban J connectivity index is 1.91. The predicted molar refractivity (Wildman–Crippen MR) is 53.2 cm³/mol. The summed E-state index contributed by atoms with van der Waals surface area (Å²) in [5.74, 6) is 0. The van der Waals surface area contributed by atoms with Crippen molar-refractivity contribution in [2.24, 2.45) is 0 Å². The topological polar surface area (TPSA) is 16.6 Å². The minimum atomic E-state index is 0.982. The molecular weight excluding hydrogens is 146 g/mol. The highest BCUT2D eigenvalue weighted by atomic mass is 14.9. The normalized spacial score (nSPS) is 24.2. The Labute approximate surface area is 76.9 Å². The van der Waals surface area contributed by atoms with Crippen molar-refractivity contribution in [3.8, 4) is 0 Å². The van der Waals surface area contributed by atoms with Crippen LogP contribution in [0.3, 0.4) is 0 Å². The summed E-state index contributed by atoms with van der Waals surface area (Å²) in [7, 11) is 0. The van der Waals surface area contributed by atoms with E-state index >= 15 is 0 Å². The molecule has 1 heterocycles. The molecule has 1 atom stereocenters. The Bertz CT molecular complexity index is 95.2. The first-order chi connectivity index (χ1) is 5.93. The Hall–Kier alpha value is -0.0400. The lowest BCUT2D eigenvalue weighted by molar-refractivity contribution is -0.698. The van der Waals surface area contributed by atoms with Gasteiger partial charge in [-0.15, -0.1) is 0 Å². The van der Waals surface area contributed by atoms with Gasteiger partial charge in [-0.1, -0.05) is 26.2 Å². The van der Waals surface area contributed by atoms with Gasteiger partial charge < -0.3 is 5.32 Å². The van der Waals surface area contributed by atoms with Gasteiger partial charge in [-0.2, -0.15) is 0 Å². The van der Waals surface area contributed by atoms with Gasteiger partial charge >= 0.3 is 0 Å². The van der Waals surface area contributed by atoms with E-state index in [0.29, 0.717) is 0 Å². The van der Waals surface area contributed by atoms with Crippen molar-refractivity contribution < 1.29 is 5.32 Å². The van der Waals surface area contributed by atoms with Crippen LogP contribution in [0.2, 0.25) is 0 Å². The standard InChI is InChI=1S/C11H23N/c1-2-3-4-5-8-11-9-6-7-10-12-11/h11-12H,2-10H2,1H3/p+1/t11-/m1/s1. The van der Waals surface area contributed by atoms with Crippen LogP contribution in [0.4, 0.5) is 0 Å². The summed E-state index contributed by atoms with van der Waals surface area (Å²) >= 11 is 0. The zero-order valence-corrected chi connectivity index (χ0v) is 8.52. The number of piperidine rings is 1. The lowest BCUT2D eigenvalue weighted by Gasteiger charge is -2.19. The Morgan fingerprint density at radius 1 is 1.17 bits per heavy atom. The van der Waals surface area contributed by atoms with Crippen LogP contribution in [0, 0.1) is 0 Å². The fourth-order valence-electron chi connectivity index (χ4n) is 2.12. The van der Waals surface area contributed by atoms with E-state index in [1.54, 1.807) is 0 Å². The zero-order chi connectivity index (χ0) is 8.65. The summed E-state index contributed by atoms with van der Waals surface area (Å²) in [5, 5.41) is 2.56. The van der Waals surface area contributed by atoms with Crippen LogP contribution < -0.4 is 5.32 Å². The lowest BCUT2D eigenvalue weighted by Crippen LogP contribution is -2.91. The third-order valence-electron chi connectivity index (χ3n) is 2.96. The van der Waals surface area contributed by atoms with Gasteiger partial charge in [-0.25, -0.2) is 0 Å². The molecule has 0 spiro atoms. The second-order valence-electron chi connectivity index (χ2n) is 4.13. The molecule has 0 aromatic carbocycles. The molecule has 1 aliphatic heterocycles. The van der Waals surface area contributed by atoms with Crippen LogP contribution in [0.25, 0.3) is 0 Å². The lowest BCUT2D eigenvalue weighted by atomic mass is 9.99. The Kier molecular flexibility index (Phi) is 5.42. The average Bonchev–Trinajstić information content (AvgIpc) is 2.14. The van der Waals surface area contributed by atoms with Gasteiger partial charge in [0.2, 0.25) is 0 Å². The Morgan fingerprint density at radius 3 is 2.75 bits per heavy atom. The summed E-state index contributed by atoms with van der Waals surface area (Å²) in [5.41, 5.74) is 0. The van der Waals surface area contributed by atoms with Crippen LogP contribution >= 0.6 is 0 Å². The molecule has 1 rings (SSSR count). The van der Waals surface area contributed by atoms with Crippen molar-refractivity contribution in [1.29, 1.82) is 0 Å². The van der Waals surface area contributed by atoms with Gasteiger partial charge in [0.25, 0.3) is 0 Å². The number of rotatable bonds is 5. The highest BCUT2D eigenvalue weighted by Crippen LogP contribution is 2.09. The highest BCUT2D eigenvalue weighted by molar-refractivity contribution is 4.59. The van der Waals surface area contributed by atoms with E-state index in [2.05, 4.69) is 12.2 Å². The molecule has 2 N–H and O–H groups in total. The monoisotopic (exact) mass is 170 g/mol. The SMILES string of the molecule is CCCCCC[C@@H]1CCCC[NH2+]1. The van der Waals surface area contributed by atoms with E-state index in [1.165, 1.54) is 57.9 Å². The second-order valence-corrected chi connectivity index (χ2v) is 4.13. The van der Waals surface area contributed by atoms with Crippen molar-refractivity contribution in [2.75, 3.05) is 6.54 Å². The smallest absolute Gasteiger partial charge is 0.0859 e. The minimum absolute atomic E-state index is 0.982. The van der Waals surface area contributed by atoms with Gasteiger partial charge in [0, 0.05) is 0 Å². The van der Waals surface area contributed by atoms with Crippen LogP contribution in [-0.2, 0) is 0 Å². The number of quaternary nitrogens is 1. The maximum Gasteiger partial charge on any atom is 0.0859 e. The van der Waals surface area contributed by atoms with Gasteiger partial charge in [0.1, 0.15) is 0 Å². The summed E-state index contributed by atoms with van der Waals surface area (Å²) in [6, 6.07) is 0.982. The van der Waals surface area contributed by atoms with Crippen molar-refractivity contribution >= 4 is 0 Å². The van der Waals surface area contributed by atoms with Crippen LogP contribution in [0.1, 0.15) is 58.3 Å². The minimum Gasteiger partial charge on any atom is -0.344 e. The molecule has 72 valence electrons. The summed E-state index contributed by atoms with van der Waals surface area (Å²) < 4.78 is 0. The van der Waals surface area contributed by atoms with E-state index in [0.717, 1.165) is 6.04 Å². The van der Waals surface area contributed by atoms with Crippen molar-refractivity contribution in [3.05, 3.63) is 0 Å². The fraction of sp³-hybridized carbons (Fsp3) is 1.00. The first-order valence-corrected chi connectivity index (χ1v) is 5.77. The molecular formula is C11H24N+. The Morgan fingerprint density at radius 2 is 2.08 bits per heavy atom. The highest BCUT2D eigenvalue weighted by Gasteiger charge is 2.14. The van der Waals surface area contributed by atoms with Gasteiger partial charge in [-0.05, 0) is 32.1 Å². The predicted octanol–water partition coefficient (Wildman–Crippen LogP) is 2.07. The average molecular weight is 170 g/mol. The summed E-state index contributed by atoms with van der Waals surface area (Å²) in [6.07, 6.45) is 11.6. The molecule has 0 amide bonds. The van der Waals surface area contributed by atoms with E-state index in [9.17, 15) is 0 Å². The van der Waals surface area contributed by atoms with Gasteiger partial charge in [-0.3, -0.25) is 0 Å². The molecule has 0 saturated carbocycles. The molecule has 0 bridgehead atoms. The largest absolute Gasteiger partial charge is 0.344 e. The van der Waals surface area contributed by atoms with E-state index in [1.807, 2.05) is 0 Å². The molecule has 0 aliphatic carbocycles. The zero-order valence-electron chi connectivity index (χ0n) is 8.52. The summed E-state index contributed by atoms with van der Waals surface area (Å²) in [4.78, 5) is 0. The molecule has 1 saturated heterocycles. The number of hydrogen-bond acceptors (Lipinski definition) is 0. The maximum atomic E-state index is 2.56. The quantitative estimate of drug-likeness (QED) is 0.608. The molecule has 0 aromatic heterocycles. The summed E-state index contributed by atoms with van der Waals surface area (Å²) in [6.45, 7) is 3.67. The van der Waals surface area contributed by atoms with Gasteiger partial charge in [0.15, 0.2) is 0 Å². The fourth-order valence-corrected chi connectivity index (χ4v) is 2.12. The van der Waals surface area contributed by atoms with Crippen molar-refractivity contribution in [3.63, 3.8) is 0 Å². The van der Waals surface area contributed by atoms with E-state index in [4.69, 9.17) is 0 Å². The van der Waals surface area contributed by atoms with Crippen LogP contribution in [0.5, 0.6) is 0 Å². The molecule has 1 heteroatoms. The molecule has 12 heavy (non-hydrogen) atoms. The maximum absolute atomic E-state index is 2.56. The van der Waals surface area contributed by atoms with Crippen molar-refractivity contribution in [2.45, 2.75) is 64.3 Å². The van der Waals surface area contributed by atoms with E-state index < -0.39 is 0 Å². The number of nitrogens with two attached hydrogens (primary N) is 1. The molecule has 0 unspecified atom stereocenters. The number of unbranched alkanes of at least 4 members (excludes halogenated alkanes) is 3. The van der Waals surface area contributed by atoms with Crippen LogP contribution in [-0.4, -0.2) is 12.6 Å². The third-order valence-corrected chi connectivity index (χ3v) is 2.96. The first-order valence-electron chi connectivity index (χ1n) is 5.77. The first kappa shape index (κ1) is 10.0. The number of hydrogen-bond donors (Lipinski definition) is 1.